The van der Waals surface area contributed by atoms with E-state index in [-0.39, 0.29) is 29.8 Å². The Hall–Kier alpha value is -1.78. The molecule has 0 spiro atoms. The van der Waals surface area contributed by atoms with Gasteiger partial charge >= 0.3 is 0 Å². The molecule has 1 saturated carbocycles. The van der Waals surface area contributed by atoms with Crippen LogP contribution in [0, 0.1) is 11.6 Å². The summed E-state index contributed by atoms with van der Waals surface area (Å²) in [5.74, 6) is -0.568. The quantitative estimate of drug-likeness (QED) is 0.880. The average molecular weight is 317 g/mol. The van der Waals surface area contributed by atoms with Crippen molar-refractivity contribution in [2.45, 2.75) is 43.9 Å². The lowest BCUT2D eigenvalue weighted by molar-refractivity contribution is 0.142. The topological polar surface area (TPSA) is 32.3 Å². The number of benzene rings is 2. The summed E-state index contributed by atoms with van der Waals surface area (Å²) in [6.07, 6.45) is 2.83. The second kappa shape index (κ2) is 7.20. The minimum Gasteiger partial charge on any atom is -0.392 e. The fourth-order valence-corrected chi connectivity index (χ4v) is 3.29. The molecule has 0 aliphatic heterocycles. The third-order valence-electron chi connectivity index (χ3n) is 4.47. The Balaban J connectivity index is 1.83. The van der Waals surface area contributed by atoms with Gasteiger partial charge in [0.2, 0.25) is 0 Å². The van der Waals surface area contributed by atoms with Gasteiger partial charge in [0.15, 0.2) is 0 Å². The van der Waals surface area contributed by atoms with Crippen molar-refractivity contribution in [3.05, 3.63) is 71.3 Å². The largest absolute Gasteiger partial charge is 0.392 e. The summed E-state index contributed by atoms with van der Waals surface area (Å²) in [4.78, 5) is 0. The van der Waals surface area contributed by atoms with Crippen LogP contribution in [0.1, 0.15) is 36.4 Å². The van der Waals surface area contributed by atoms with Gasteiger partial charge in [-0.3, -0.25) is 0 Å². The Morgan fingerprint density at radius 3 is 2.43 bits per heavy atom. The lowest BCUT2D eigenvalue weighted by Gasteiger charge is -2.26. The van der Waals surface area contributed by atoms with E-state index < -0.39 is 0 Å². The van der Waals surface area contributed by atoms with Crippen LogP contribution >= 0.6 is 0 Å². The molecular formula is C19H21F2NO. The van der Waals surface area contributed by atoms with Gasteiger partial charge in [0.1, 0.15) is 11.6 Å². The number of nitrogens with one attached hydrogen (secondary N) is 1. The molecule has 2 aromatic carbocycles. The zero-order valence-electron chi connectivity index (χ0n) is 12.9. The van der Waals surface area contributed by atoms with Crippen molar-refractivity contribution in [2.24, 2.45) is 0 Å². The summed E-state index contributed by atoms with van der Waals surface area (Å²) in [7, 11) is 0. The molecule has 1 aliphatic carbocycles. The van der Waals surface area contributed by atoms with Crippen molar-refractivity contribution >= 4 is 0 Å². The van der Waals surface area contributed by atoms with Gasteiger partial charge in [0.25, 0.3) is 0 Å². The fourth-order valence-electron chi connectivity index (χ4n) is 3.29. The van der Waals surface area contributed by atoms with Crippen LogP contribution in [0.3, 0.4) is 0 Å². The van der Waals surface area contributed by atoms with E-state index >= 15 is 0 Å². The second-order valence-electron chi connectivity index (χ2n) is 6.21. The summed E-state index contributed by atoms with van der Waals surface area (Å²) in [6, 6.07) is 12.7. The molecule has 0 amide bonds. The predicted octanol–water partition coefficient (Wildman–Crippen LogP) is 3.75. The van der Waals surface area contributed by atoms with E-state index in [9.17, 15) is 13.9 Å². The molecular weight excluding hydrogens is 296 g/mol. The lowest BCUT2D eigenvalue weighted by atomic mass is 9.97. The number of hydrogen-bond acceptors (Lipinski definition) is 2. The van der Waals surface area contributed by atoms with Crippen LogP contribution in [-0.2, 0) is 6.42 Å². The number of hydrogen-bond donors (Lipinski definition) is 2. The van der Waals surface area contributed by atoms with E-state index in [1.54, 1.807) is 12.1 Å². The Bertz CT molecular complexity index is 661. The first kappa shape index (κ1) is 16.1. The SMILES string of the molecule is O[C@@H]1CCC[C@H]1NC(Cc1cccc(F)c1)c1cccc(F)c1. The normalized spacial score (nSPS) is 22.2. The van der Waals surface area contributed by atoms with Gasteiger partial charge in [0.05, 0.1) is 6.10 Å². The number of halogens is 2. The van der Waals surface area contributed by atoms with Gasteiger partial charge in [-0.15, -0.1) is 0 Å². The zero-order valence-corrected chi connectivity index (χ0v) is 12.9. The maximum absolute atomic E-state index is 13.6. The summed E-state index contributed by atoms with van der Waals surface area (Å²) in [5.41, 5.74) is 1.66. The molecule has 0 bridgehead atoms. The molecule has 4 heteroatoms. The molecule has 0 heterocycles. The minimum absolute atomic E-state index is 0.00294. The van der Waals surface area contributed by atoms with E-state index in [2.05, 4.69) is 5.32 Å². The van der Waals surface area contributed by atoms with Gasteiger partial charge in [-0.1, -0.05) is 24.3 Å². The number of rotatable bonds is 5. The van der Waals surface area contributed by atoms with E-state index in [1.165, 1.54) is 24.3 Å². The molecule has 23 heavy (non-hydrogen) atoms. The zero-order chi connectivity index (χ0) is 16.2. The Kier molecular flexibility index (Phi) is 5.03. The van der Waals surface area contributed by atoms with Crippen LogP contribution in [0.2, 0.25) is 0 Å². The van der Waals surface area contributed by atoms with Crippen LogP contribution in [0.15, 0.2) is 48.5 Å². The highest BCUT2D eigenvalue weighted by Crippen LogP contribution is 2.25. The van der Waals surface area contributed by atoms with Gasteiger partial charge in [-0.2, -0.15) is 0 Å². The summed E-state index contributed by atoms with van der Waals surface area (Å²) >= 11 is 0. The molecule has 3 rings (SSSR count). The monoisotopic (exact) mass is 317 g/mol. The smallest absolute Gasteiger partial charge is 0.123 e. The molecule has 2 nitrogen and oxygen atoms in total. The van der Waals surface area contributed by atoms with Crippen molar-refractivity contribution < 1.29 is 13.9 Å². The number of aliphatic hydroxyl groups excluding tert-OH is 1. The third kappa shape index (κ3) is 4.15. The predicted molar refractivity (Wildman–Crippen MR) is 86.0 cm³/mol. The first-order valence-corrected chi connectivity index (χ1v) is 8.06. The van der Waals surface area contributed by atoms with E-state index in [0.717, 1.165) is 30.4 Å². The highest BCUT2D eigenvalue weighted by molar-refractivity contribution is 5.25. The van der Waals surface area contributed by atoms with Crippen molar-refractivity contribution in [1.29, 1.82) is 0 Å². The van der Waals surface area contributed by atoms with Crippen molar-refractivity contribution in [3.8, 4) is 0 Å². The van der Waals surface area contributed by atoms with Crippen molar-refractivity contribution in [1.82, 2.24) is 5.32 Å². The first-order valence-electron chi connectivity index (χ1n) is 8.06. The summed E-state index contributed by atoms with van der Waals surface area (Å²) < 4.78 is 27.0. The first-order chi connectivity index (χ1) is 11.1. The minimum atomic E-state index is -0.376. The molecule has 1 fully saturated rings. The summed E-state index contributed by atoms with van der Waals surface area (Å²) in [6.45, 7) is 0. The van der Waals surface area contributed by atoms with Crippen molar-refractivity contribution in [3.63, 3.8) is 0 Å². The van der Waals surface area contributed by atoms with E-state index in [4.69, 9.17) is 0 Å². The molecule has 1 unspecified atom stereocenters. The maximum atomic E-state index is 13.6. The Morgan fingerprint density at radius 1 is 1.04 bits per heavy atom. The molecule has 2 aromatic rings. The molecule has 3 atom stereocenters. The molecule has 2 N–H and O–H groups in total. The van der Waals surface area contributed by atoms with Crippen LogP contribution in [0.5, 0.6) is 0 Å². The van der Waals surface area contributed by atoms with Crippen molar-refractivity contribution in [2.75, 3.05) is 0 Å². The number of aliphatic hydroxyl groups is 1. The second-order valence-corrected chi connectivity index (χ2v) is 6.21. The van der Waals surface area contributed by atoms with Crippen LogP contribution in [0.25, 0.3) is 0 Å². The molecule has 0 aromatic heterocycles. The van der Waals surface area contributed by atoms with Gasteiger partial charge in [-0.05, 0) is 61.1 Å². The van der Waals surface area contributed by atoms with Gasteiger partial charge in [-0.25, -0.2) is 8.78 Å². The Labute approximate surface area is 135 Å². The third-order valence-corrected chi connectivity index (χ3v) is 4.47. The van der Waals surface area contributed by atoms with Gasteiger partial charge in [0, 0.05) is 12.1 Å². The molecule has 1 aliphatic rings. The molecule has 0 saturated heterocycles. The highest BCUT2D eigenvalue weighted by Gasteiger charge is 2.28. The Morgan fingerprint density at radius 2 is 1.78 bits per heavy atom. The standard InChI is InChI=1S/C19H21F2NO/c20-15-6-1-4-13(10-15)11-18(14-5-2-7-16(21)12-14)22-17-8-3-9-19(17)23/h1-2,4-7,10,12,17-19,22-23H,3,8-9,11H2/t17-,18?,19-/m1/s1. The average Bonchev–Trinajstić information content (AvgIpc) is 2.92. The highest BCUT2D eigenvalue weighted by atomic mass is 19.1. The van der Waals surface area contributed by atoms with Crippen LogP contribution < -0.4 is 5.32 Å². The lowest BCUT2D eigenvalue weighted by Crippen LogP contribution is -2.39. The van der Waals surface area contributed by atoms with Crippen LogP contribution in [0.4, 0.5) is 8.78 Å². The molecule has 0 radical (unpaired) electrons. The van der Waals surface area contributed by atoms with Crippen LogP contribution in [-0.4, -0.2) is 17.3 Å². The molecule has 122 valence electrons. The van der Waals surface area contributed by atoms with Gasteiger partial charge < -0.3 is 10.4 Å². The van der Waals surface area contributed by atoms with E-state index in [1.807, 2.05) is 12.1 Å². The van der Waals surface area contributed by atoms with E-state index in [0.29, 0.717) is 6.42 Å². The fraction of sp³-hybridized carbons (Fsp3) is 0.368. The maximum Gasteiger partial charge on any atom is 0.123 e. The summed E-state index contributed by atoms with van der Waals surface area (Å²) in [5, 5.41) is 13.5.